The quantitative estimate of drug-likeness (QED) is 0.778. The third-order valence-corrected chi connectivity index (χ3v) is 3.38. The summed E-state index contributed by atoms with van der Waals surface area (Å²) in [6.07, 6.45) is -3.99. The van der Waals surface area contributed by atoms with Crippen molar-refractivity contribution >= 4 is 17.5 Å². The van der Waals surface area contributed by atoms with E-state index in [0.29, 0.717) is 18.5 Å². The minimum atomic E-state index is -4.46. The van der Waals surface area contributed by atoms with E-state index in [9.17, 15) is 22.8 Å². The minimum absolute atomic E-state index is 0.0886. The van der Waals surface area contributed by atoms with E-state index in [-0.39, 0.29) is 18.0 Å². The Morgan fingerprint density at radius 2 is 1.68 bits per heavy atom. The molecule has 0 unspecified atom stereocenters. The van der Waals surface area contributed by atoms with Gasteiger partial charge in [0.05, 0.1) is 5.56 Å². The lowest BCUT2D eigenvalue weighted by atomic mass is 10.2. The average Bonchev–Trinajstić information content (AvgIpc) is 2.59. The second-order valence-corrected chi connectivity index (χ2v) is 5.35. The van der Waals surface area contributed by atoms with Gasteiger partial charge in [-0.3, -0.25) is 9.59 Å². The van der Waals surface area contributed by atoms with Gasteiger partial charge in [0.15, 0.2) is 0 Å². The van der Waals surface area contributed by atoms with E-state index in [4.69, 9.17) is 0 Å². The first kappa shape index (κ1) is 18.5. The van der Waals surface area contributed by atoms with Crippen LogP contribution in [0.15, 0.2) is 54.6 Å². The molecule has 0 spiro atoms. The number of amides is 2. The molecule has 0 saturated heterocycles. The Morgan fingerprint density at radius 3 is 2.36 bits per heavy atom. The van der Waals surface area contributed by atoms with Crippen molar-refractivity contribution < 1.29 is 22.8 Å². The summed E-state index contributed by atoms with van der Waals surface area (Å²) in [6, 6.07) is 13.1. The zero-order chi connectivity index (χ0) is 18.3. The zero-order valence-electron chi connectivity index (χ0n) is 13.3. The van der Waals surface area contributed by atoms with Crippen LogP contribution >= 0.6 is 0 Å². The van der Waals surface area contributed by atoms with Crippen LogP contribution in [0.5, 0.6) is 0 Å². The molecule has 132 valence electrons. The van der Waals surface area contributed by atoms with Gasteiger partial charge >= 0.3 is 6.18 Å². The van der Waals surface area contributed by atoms with E-state index in [1.807, 2.05) is 0 Å². The number of benzene rings is 2. The number of carbonyl (C=O) groups is 2. The summed E-state index contributed by atoms with van der Waals surface area (Å²) >= 11 is 0. The molecule has 2 rings (SSSR count). The van der Waals surface area contributed by atoms with Gasteiger partial charge in [0.2, 0.25) is 5.91 Å². The molecule has 0 atom stereocenters. The van der Waals surface area contributed by atoms with Crippen LogP contribution in [0.3, 0.4) is 0 Å². The lowest BCUT2D eigenvalue weighted by molar-refractivity contribution is -0.137. The van der Waals surface area contributed by atoms with E-state index in [1.165, 1.54) is 12.1 Å². The van der Waals surface area contributed by atoms with Crippen molar-refractivity contribution in [2.45, 2.75) is 19.0 Å². The largest absolute Gasteiger partial charge is 0.416 e. The number of hydrogen-bond acceptors (Lipinski definition) is 2. The van der Waals surface area contributed by atoms with Crippen molar-refractivity contribution in [3.63, 3.8) is 0 Å². The molecule has 2 amide bonds. The molecule has 0 aliphatic carbocycles. The monoisotopic (exact) mass is 350 g/mol. The van der Waals surface area contributed by atoms with Gasteiger partial charge in [0.25, 0.3) is 5.91 Å². The summed E-state index contributed by atoms with van der Waals surface area (Å²) in [5.74, 6) is -0.646. The Labute approximate surface area is 143 Å². The highest BCUT2D eigenvalue weighted by Crippen LogP contribution is 2.30. The van der Waals surface area contributed by atoms with Gasteiger partial charge in [-0.05, 0) is 36.8 Å². The van der Waals surface area contributed by atoms with Crippen molar-refractivity contribution in [3.8, 4) is 0 Å². The molecule has 0 radical (unpaired) electrons. The first-order chi connectivity index (χ1) is 11.9. The second-order valence-electron chi connectivity index (χ2n) is 5.35. The van der Waals surface area contributed by atoms with Crippen LogP contribution in [0.4, 0.5) is 18.9 Å². The van der Waals surface area contributed by atoms with E-state index < -0.39 is 17.6 Å². The van der Waals surface area contributed by atoms with Gasteiger partial charge in [0.1, 0.15) is 0 Å². The highest BCUT2D eigenvalue weighted by atomic mass is 19.4. The summed E-state index contributed by atoms with van der Waals surface area (Å²) in [5.41, 5.74) is -0.204. The van der Waals surface area contributed by atoms with E-state index in [0.717, 1.165) is 12.1 Å². The summed E-state index contributed by atoms with van der Waals surface area (Å²) in [5, 5.41) is 5.10. The van der Waals surface area contributed by atoms with Crippen molar-refractivity contribution in [3.05, 3.63) is 65.7 Å². The van der Waals surface area contributed by atoms with Crippen LogP contribution in [0, 0.1) is 0 Å². The lowest BCUT2D eigenvalue weighted by Gasteiger charge is -2.10. The van der Waals surface area contributed by atoms with Gasteiger partial charge in [0, 0.05) is 24.2 Å². The molecule has 2 aromatic carbocycles. The maximum absolute atomic E-state index is 12.6. The van der Waals surface area contributed by atoms with Gasteiger partial charge < -0.3 is 10.6 Å². The van der Waals surface area contributed by atoms with Crippen molar-refractivity contribution in [2.24, 2.45) is 0 Å². The van der Waals surface area contributed by atoms with Crippen molar-refractivity contribution in [1.29, 1.82) is 0 Å². The molecule has 0 aromatic heterocycles. The molecule has 2 N–H and O–H groups in total. The maximum Gasteiger partial charge on any atom is 0.416 e. The molecule has 0 heterocycles. The summed E-state index contributed by atoms with van der Waals surface area (Å²) in [6.45, 7) is 0.295. The highest BCUT2D eigenvalue weighted by Gasteiger charge is 2.30. The fraction of sp³-hybridized carbons (Fsp3) is 0.222. The number of carbonyl (C=O) groups excluding carboxylic acids is 2. The molecule has 25 heavy (non-hydrogen) atoms. The van der Waals surface area contributed by atoms with Gasteiger partial charge in [-0.2, -0.15) is 13.2 Å². The predicted molar refractivity (Wildman–Crippen MR) is 88.1 cm³/mol. The molecule has 0 fully saturated rings. The normalized spacial score (nSPS) is 11.0. The molecule has 0 aliphatic rings. The highest BCUT2D eigenvalue weighted by molar-refractivity contribution is 5.94. The Morgan fingerprint density at radius 1 is 0.960 bits per heavy atom. The number of alkyl halides is 3. The van der Waals surface area contributed by atoms with Crippen LogP contribution in [0.25, 0.3) is 0 Å². The zero-order valence-corrected chi connectivity index (χ0v) is 13.3. The Balaban J connectivity index is 1.75. The first-order valence-corrected chi connectivity index (χ1v) is 7.66. The summed E-state index contributed by atoms with van der Waals surface area (Å²) < 4.78 is 37.8. The van der Waals surface area contributed by atoms with Crippen molar-refractivity contribution in [1.82, 2.24) is 5.32 Å². The van der Waals surface area contributed by atoms with Crippen LogP contribution in [0.1, 0.15) is 28.8 Å². The molecular weight excluding hydrogens is 333 g/mol. The Bertz CT molecular complexity index is 731. The number of hydrogen-bond donors (Lipinski definition) is 2. The standard InChI is InChI=1S/C18H17F3N2O2/c19-18(20,21)14-8-4-9-15(12-14)23-16(24)10-5-11-22-17(25)13-6-2-1-3-7-13/h1-4,6-9,12H,5,10-11H2,(H,22,25)(H,23,24). The SMILES string of the molecule is O=C(CCCNC(=O)c1ccccc1)Nc1cccc(C(F)(F)F)c1. The topological polar surface area (TPSA) is 58.2 Å². The molecule has 0 bridgehead atoms. The average molecular weight is 350 g/mol. The van der Waals surface area contributed by atoms with Crippen LogP contribution < -0.4 is 10.6 Å². The molecule has 2 aromatic rings. The third kappa shape index (κ3) is 5.95. The molecule has 4 nitrogen and oxygen atoms in total. The maximum atomic E-state index is 12.6. The minimum Gasteiger partial charge on any atom is -0.352 e. The van der Waals surface area contributed by atoms with Crippen LogP contribution in [-0.4, -0.2) is 18.4 Å². The van der Waals surface area contributed by atoms with E-state index in [1.54, 1.807) is 30.3 Å². The van der Waals surface area contributed by atoms with E-state index >= 15 is 0 Å². The fourth-order valence-corrected chi connectivity index (χ4v) is 2.14. The predicted octanol–water partition coefficient (Wildman–Crippen LogP) is 3.85. The van der Waals surface area contributed by atoms with E-state index in [2.05, 4.69) is 10.6 Å². The van der Waals surface area contributed by atoms with Gasteiger partial charge in [-0.1, -0.05) is 24.3 Å². The van der Waals surface area contributed by atoms with Crippen molar-refractivity contribution in [2.75, 3.05) is 11.9 Å². The van der Waals surface area contributed by atoms with Gasteiger partial charge in [-0.25, -0.2) is 0 Å². The molecule has 0 saturated carbocycles. The third-order valence-electron chi connectivity index (χ3n) is 3.38. The number of rotatable bonds is 6. The summed E-state index contributed by atoms with van der Waals surface area (Å²) in [7, 11) is 0. The number of halogens is 3. The second kappa shape index (κ2) is 8.32. The Hall–Kier alpha value is -2.83. The molecule has 7 heteroatoms. The smallest absolute Gasteiger partial charge is 0.352 e. The first-order valence-electron chi connectivity index (χ1n) is 7.66. The van der Waals surface area contributed by atoms with Gasteiger partial charge in [-0.15, -0.1) is 0 Å². The van der Waals surface area contributed by atoms with Crippen LogP contribution in [-0.2, 0) is 11.0 Å². The summed E-state index contributed by atoms with van der Waals surface area (Å²) in [4.78, 5) is 23.6. The lowest BCUT2D eigenvalue weighted by Crippen LogP contribution is -2.25. The van der Waals surface area contributed by atoms with Crippen LogP contribution in [0.2, 0.25) is 0 Å². The fourth-order valence-electron chi connectivity index (χ4n) is 2.14. The molecular formula is C18H17F3N2O2. The number of nitrogens with one attached hydrogen (secondary N) is 2. The number of anilines is 1. The Kier molecular flexibility index (Phi) is 6.16. The molecule has 0 aliphatic heterocycles.